The molecule has 0 spiro atoms. The van der Waals surface area contributed by atoms with E-state index in [1.54, 1.807) is 11.3 Å². The van der Waals surface area contributed by atoms with Gasteiger partial charge in [-0.1, -0.05) is 32.6 Å². The molecule has 1 N–H and O–H groups in total. The lowest BCUT2D eigenvalue weighted by molar-refractivity contribution is 0.0451. The Morgan fingerprint density at radius 2 is 2.26 bits per heavy atom. The number of aliphatic hydroxyl groups is 1. The first-order valence-corrected chi connectivity index (χ1v) is 8.18. The molecular weight excluding hydrogens is 254 g/mol. The maximum absolute atomic E-state index is 10.7. The summed E-state index contributed by atoms with van der Waals surface area (Å²) in [5.41, 5.74) is 2.04. The van der Waals surface area contributed by atoms with Crippen LogP contribution in [0.2, 0.25) is 0 Å². The molecular formula is C16H21NOS. The number of nitrogens with zero attached hydrogens (tertiary/aromatic N) is 1. The van der Waals surface area contributed by atoms with Crippen LogP contribution in [0, 0.1) is 11.8 Å². The Balaban J connectivity index is 1.86. The quantitative estimate of drug-likeness (QED) is 0.891. The van der Waals surface area contributed by atoms with Gasteiger partial charge in [0.15, 0.2) is 0 Å². The average Bonchev–Trinajstić information content (AvgIpc) is 2.93. The first-order chi connectivity index (χ1) is 9.29. The minimum Gasteiger partial charge on any atom is -0.388 e. The van der Waals surface area contributed by atoms with Crippen molar-refractivity contribution < 1.29 is 5.11 Å². The Bertz CT molecular complexity index is 550. The molecule has 3 heteroatoms. The molecule has 2 nitrogen and oxygen atoms in total. The summed E-state index contributed by atoms with van der Waals surface area (Å²) in [6.45, 7) is 2.25. The molecule has 1 aliphatic rings. The van der Waals surface area contributed by atoms with Crippen LogP contribution in [-0.4, -0.2) is 10.1 Å². The lowest BCUT2D eigenvalue weighted by atomic mass is 9.73. The van der Waals surface area contributed by atoms with Crippen molar-refractivity contribution in [2.24, 2.45) is 11.8 Å². The number of pyridine rings is 1. The third-order valence-electron chi connectivity index (χ3n) is 4.56. The maximum atomic E-state index is 10.7. The molecule has 3 atom stereocenters. The van der Waals surface area contributed by atoms with E-state index in [-0.39, 0.29) is 6.10 Å². The van der Waals surface area contributed by atoms with Crippen LogP contribution in [0.15, 0.2) is 23.7 Å². The van der Waals surface area contributed by atoms with E-state index in [2.05, 4.69) is 23.4 Å². The highest BCUT2D eigenvalue weighted by molar-refractivity contribution is 7.17. The molecule has 0 saturated heterocycles. The first-order valence-electron chi connectivity index (χ1n) is 7.31. The zero-order chi connectivity index (χ0) is 13.2. The van der Waals surface area contributed by atoms with Crippen LogP contribution in [0.3, 0.4) is 0 Å². The minimum atomic E-state index is -0.343. The summed E-state index contributed by atoms with van der Waals surface area (Å²) in [5, 5.41) is 12.8. The van der Waals surface area contributed by atoms with Crippen LogP contribution in [0.1, 0.15) is 50.7 Å². The van der Waals surface area contributed by atoms with E-state index in [0.717, 1.165) is 17.5 Å². The van der Waals surface area contributed by atoms with Gasteiger partial charge in [0, 0.05) is 11.8 Å². The average molecular weight is 275 g/mol. The van der Waals surface area contributed by atoms with Gasteiger partial charge in [-0.05, 0) is 35.8 Å². The summed E-state index contributed by atoms with van der Waals surface area (Å²) in [5.74, 6) is 1.08. The lowest BCUT2D eigenvalue weighted by Crippen LogP contribution is -2.25. The molecule has 0 amide bonds. The highest BCUT2D eigenvalue weighted by atomic mass is 32.1. The van der Waals surface area contributed by atoms with E-state index >= 15 is 0 Å². The molecule has 3 unspecified atom stereocenters. The highest BCUT2D eigenvalue weighted by Gasteiger charge is 2.30. The third kappa shape index (κ3) is 2.54. The van der Waals surface area contributed by atoms with Crippen LogP contribution in [0.5, 0.6) is 0 Å². The van der Waals surface area contributed by atoms with Gasteiger partial charge in [0.05, 0.1) is 16.3 Å². The zero-order valence-corrected chi connectivity index (χ0v) is 12.2. The van der Waals surface area contributed by atoms with Crippen LogP contribution in [-0.2, 0) is 0 Å². The van der Waals surface area contributed by atoms with Crippen molar-refractivity contribution in [2.75, 3.05) is 0 Å². The second-order valence-electron chi connectivity index (χ2n) is 5.63. The molecule has 0 bridgehead atoms. The number of aliphatic hydroxyl groups excluding tert-OH is 1. The van der Waals surface area contributed by atoms with Gasteiger partial charge < -0.3 is 5.11 Å². The van der Waals surface area contributed by atoms with E-state index in [4.69, 9.17) is 0 Å². The summed E-state index contributed by atoms with van der Waals surface area (Å²) in [6.07, 6.45) is 7.70. The Morgan fingerprint density at radius 1 is 1.42 bits per heavy atom. The summed E-state index contributed by atoms with van der Waals surface area (Å²) in [4.78, 5) is 4.46. The van der Waals surface area contributed by atoms with Gasteiger partial charge in [-0.3, -0.25) is 4.98 Å². The molecule has 0 aliphatic heterocycles. The van der Waals surface area contributed by atoms with Crippen molar-refractivity contribution >= 4 is 21.6 Å². The molecule has 2 aromatic rings. The molecule has 1 fully saturated rings. The second kappa shape index (κ2) is 5.59. The minimum absolute atomic E-state index is 0.343. The van der Waals surface area contributed by atoms with Crippen molar-refractivity contribution in [3.8, 4) is 0 Å². The van der Waals surface area contributed by atoms with Crippen molar-refractivity contribution in [2.45, 2.75) is 45.1 Å². The Morgan fingerprint density at radius 3 is 3.11 bits per heavy atom. The molecule has 2 aromatic heterocycles. The topological polar surface area (TPSA) is 33.1 Å². The molecule has 0 aromatic carbocycles. The van der Waals surface area contributed by atoms with Crippen molar-refractivity contribution in [3.63, 3.8) is 0 Å². The number of aromatic nitrogens is 1. The normalized spacial score (nSPS) is 25.6. The van der Waals surface area contributed by atoms with E-state index in [1.807, 2.05) is 12.3 Å². The molecule has 1 saturated carbocycles. The molecule has 0 radical (unpaired) electrons. The van der Waals surface area contributed by atoms with Gasteiger partial charge in [-0.15, -0.1) is 11.3 Å². The smallest absolute Gasteiger partial charge is 0.0836 e. The van der Waals surface area contributed by atoms with Crippen LogP contribution < -0.4 is 0 Å². The summed E-state index contributed by atoms with van der Waals surface area (Å²) >= 11 is 1.70. The SMILES string of the molecule is CCC1CCCCC1C(O)c1cnc2ccsc2c1. The lowest BCUT2D eigenvalue weighted by Gasteiger charge is -2.34. The Hall–Kier alpha value is -0.930. The summed E-state index contributed by atoms with van der Waals surface area (Å²) in [6, 6.07) is 4.16. The number of hydrogen-bond donors (Lipinski definition) is 1. The first kappa shape index (κ1) is 13.1. The second-order valence-corrected chi connectivity index (χ2v) is 6.58. The fourth-order valence-electron chi connectivity index (χ4n) is 3.43. The number of rotatable bonds is 3. The molecule has 3 rings (SSSR count). The van der Waals surface area contributed by atoms with Crippen LogP contribution in [0.4, 0.5) is 0 Å². The zero-order valence-electron chi connectivity index (χ0n) is 11.4. The van der Waals surface area contributed by atoms with Gasteiger partial charge in [0.2, 0.25) is 0 Å². The number of fused-ring (bicyclic) bond motifs is 1. The van der Waals surface area contributed by atoms with Gasteiger partial charge in [-0.25, -0.2) is 0 Å². The summed E-state index contributed by atoms with van der Waals surface area (Å²) < 4.78 is 1.18. The van der Waals surface area contributed by atoms with Crippen LogP contribution in [0.25, 0.3) is 10.2 Å². The number of thiophene rings is 1. The fourth-order valence-corrected chi connectivity index (χ4v) is 4.22. The molecule has 19 heavy (non-hydrogen) atoms. The summed E-state index contributed by atoms with van der Waals surface area (Å²) in [7, 11) is 0. The van der Waals surface area contributed by atoms with E-state index in [1.165, 1.54) is 30.4 Å². The Kier molecular flexibility index (Phi) is 3.85. The van der Waals surface area contributed by atoms with Crippen molar-refractivity contribution in [1.82, 2.24) is 4.98 Å². The predicted molar refractivity (Wildman–Crippen MR) is 80.3 cm³/mol. The van der Waals surface area contributed by atoms with Crippen molar-refractivity contribution in [1.29, 1.82) is 0 Å². The maximum Gasteiger partial charge on any atom is 0.0836 e. The standard InChI is InChI=1S/C16H21NOS/c1-2-11-5-3-4-6-13(11)16(18)12-9-15-14(17-10-12)7-8-19-15/h7-11,13,16,18H,2-6H2,1H3. The van der Waals surface area contributed by atoms with E-state index in [0.29, 0.717) is 11.8 Å². The molecule has 1 aliphatic carbocycles. The highest BCUT2D eigenvalue weighted by Crippen LogP contribution is 2.40. The number of hydrogen-bond acceptors (Lipinski definition) is 3. The van der Waals surface area contributed by atoms with Gasteiger partial charge in [0.1, 0.15) is 0 Å². The van der Waals surface area contributed by atoms with Gasteiger partial charge in [0.25, 0.3) is 0 Å². The van der Waals surface area contributed by atoms with E-state index < -0.39 is 0 Å². The third-order valence-corrected chi connectivity index (χ3v) is 5.42. The molecule has 102 valence electrons. The van der Waals surface area contributed by atoms with Gasteiger partial charge >= 0.3 is 0 Å². The predicted octanol–water partition coefficient (Wildman–Crippen LogP) is 4.55. The van der Waals surface area contributed by atoms with E-state index in [9.17, 15) is 5.11 Å². The fraction of sp³-hybridized carbons (Fsp3) is 0.562. The van der Waals surface area contributed by atoms with Crippen molar-refractivity contribution in [3.05, 3.63) is 29.3 Å². The Labute approximate surface area is 118 Å². The largest absolute Gasteiger partial charge is 0.388 e. The van der Waals surface area contributed by atoms with Gasteiger partial charge in [-0.2, -0.15) is 0 Å². The van der Waals surface area contributed by atoms with Crippen LogP contribution >= 0.6 is 11.3 Å². The monoisotopic (exact) mass is 275 g/mol. The molecule has 2 heterocycles.